The van der Waals surface area contributed by atoms with Gasteiger partial charge in [0.25, 0.3) is 5.91 Å². The molecule has 1 aliphatic rings. The van der Waals surface area contributed by atoms with E-state index in [4.69, 9.17) is 4.74 Å². The van der Waals surface area contributed by atoms with Gasteiger partial charge in [0.1, 0.15) is 5.75 Å². The lowest BCUT2D eigenvalue weighted by molar-refractivity contribution is -0.118. The van der Waals surface area contributed by atoms with Gasteiger partial charge in [-0.3, -0.25) is 4.79 Å². The van der Waals surface area contributed by atoms with E-state index in [-0.39, 0.29) is 17.4 Å². The van der Waals surface area contributed by atoms with E-state index in [1.165, 1.54) is 10.4 Å². The summed E-state index contributed by atoms with van der Waals surface area (Å²) >= 11 is 3.35. The standard InChI is InChI=1S/C20H23BrN2O4S/c21-16-7-5-9-18(13-16)27-15-20(24)22-17-8-6-10-19(14-17)28(25,26)23-11-3-1-2-4-12-23/h5-10,13-14H,1-4,11-12,15H2,(H,22,24). The van der Waals surface area contributed by atoms with E-state index in [0.717, 1.165) is 30.2 Å². The maximum atomic E-state index is 12.9. The number of nitrogens with zero attached hydrogens (tertiary/aromatic N) is 1. The van der Waals surface area contributed by atoms with Gasteiger partial charge in [-0.05, 0) is 49.2 Å². The largest absolute Gasteiger partial charge is 0.484 e. The number of nitrogens with one attached hydrogen (secondary N) is 1. The molecule has 0 bridgehead atoms. The Hall–Kier alpha value is -1.90. The highest BCUT2D eigenvalue weighted by atomic mass is 79.9. The highest BCUT2D eigenvalue weighted by Gasteiger charge is 2.25. The van der Waals surface area contributed by atoms with Gasteiger partial charge in [0.15, 0.2) is 6.61 Å². The number of amides is 1. The van der Waals surface area contributed by atoms with Gasteiger partial charge in [0.05, 0.1) is 4.90 Å². The maximum Gasteiger partial charge on any atom is 0.262 e. The lowest BCUT2D eigenvalue weighted by atomic mass is 10.2. The van der Waals surface area contributed by atoms with Crippen molar-refractivity contribution in [3.63, 3.8) is 0 Å². The number of benzene rings is 2. The molecule has 0 aromatic heterocycles. The molecule has 28 heavy (non-hydrogen) atoms. The van der Waals surface area contributed by atoms with E-state index in [1.54, 1.807) is 30.3 Å². The monoisotopic (exact) mass is 466 g/mol. The molecule has 150 valence electrons. The van der Waals surface area contributed by atoms with Crippen LogP contribution in [0.4, 0.5) is 5.69 Å². The third kappa shape index (κ3) is 5.56. The summed E-state index contributed by atoms with van der Waals surface area (Å²) in [4.78, 5) is 12.4. The van der Waals surface area contributed by atoms with Crippen molar-refractivity contribution in [1.82, 2.24) is 4.31 Å². The number of carbonyl (C=O) groups is 1. The van der Waals surface area contributed by atoms with Crippen molar-refractivity contribution < 1.29 is 17.9 Å². The fraction of sp³-hybridized carbons (Fsp3) is 0.350. The van der Waals surface area contributed by atoms with Gasteiger partial charge in [-0.15, -0.1) is 0 Å². The van der Waals surface area contributed by atoms with Crippen LogP contribution >= 0.6 is 15.9 Å². The molecule has 6 nitrogen and oxygen atoms in total. The summed E-state index contributed by atoms with van der Waals surface area (Å²) < 4.78 is 33.7. The summed E-state index contributed by atoms with van der Waals surface area (Å²) in [5, 5.41) is 2.70. The van der Waals surface area contributed by atoms with Crippen LogP contribution in [-0.2, 0) is 14.8 Å². The summed E-state index contributed by atoms with van der Waals surface area (Å²) in [7, 11) is -3.56. The first kappa shape index (κ1) is 20.8. The number of rotatable bonds is 6. The molecule has 2 aromatic rings. The third-order valence-corrected chi connectivity index (χ3v) is 6.87. The first-order valence-electron chi connectivity index (χ1n) is 9.23. The van der Waals surface area contributed by atoms with Crippen LogP contribution in [0.25, 0.3) is 0 Å². The molecule has 1 heterocycles. The zero-order valence-electron chi connectivity index (χ0n) is 15.4. The second-order valence-electron chi connectivity index (χ2n) is 6.64. The number of hydrogen-bond donors (Lipinski definition) is 1. The third-order valence-electron chi connectivity index (χ3n) is 4.49. The highest BCUT2D eigenvalue weighted by Crippen LogP contribution is 2.23. The van der Waals surface area contributed by atoms with E-state index in [9.17, 15) is 13.2 Å². The Morgan fingerprint density at radius 2 is 1.75 bits per heavy atom. The van der Waals surface area contributed by atoms with E-state index in [1.807, 2.05) is 12.1 Å². The molecular formula is C20H23BrN2O4S. The number of anilines is 1. The van der Waals surface area contributed by atoms with Crippen LogP contribution in [-0.4, -0.2) is 38.3 Å². The van der Waals surface area contributed by atoms with Crippen molar-refractivity contribution in [3.05, 3.63) is 53.0 Å². The molecule has 0 aliphatic carbocycles. The number of sulfonamides is 1. The summed E-state index contributed by atoms with van der Waals surface area (Å²) in [5.41, 5.74) is 0.429. The van der Waals surface area contributed by atoms with Crippen LogP contribution in [0, 0.1) is 0 Å². The normalized spacial score (nSPS) is 15.6. The fourth-order valence-corrected chi connectivity index (χ4v) is 5.01. The predicted octanol–water partition coefficient (Wildman–Crippen LogP) is 4.03. The topological polar surface area (TPSA) is 75.7 Å². The van der Waals surface area contributed by atoms with Gasteiger partial charge in [0.2, 0.25) is 10.0 Å². The van der Waals surface area contributed by atoms with Crippen LogP contribution in [0.3, 0.4) is 0 Å². The second-order valence-corrected chi connectivity index (χ2v) is 9.49. The van der Waals surface area contributed by atoms with Crippen molar-refractivity contribution in [1.29, 1.82) is 0 Å². The van der Waals surface area contributed by atoms with Gasteiger partial charge in [0, 0.05) is 23.2 Å². The number of hydrogen-bond acceptors (Lipinski definition) is 4. The molecular weight excluding hydrogens is 444 g/mol. The predicted molar refractivity (Wildman–Crippen MR) is 112 cm³/mol. The van der Waals surface area contributed by atoms with Gasteiger partial charge in [-0.25, -0.2) is 8.42 Å². The van der Waals surface area contributed by atoms with Crippen molar-refractivity contribution in [2.45, 2.75) is 30.6 Å². The zero-order valence-corrected chi connectivity index (χ0v) is 17.8. The molecule has 0 unspecified atom stereocenters. The van der Waals surface area contributed by atoms with Crippen LogP contribution in [0.15, 0.2) is 57.9 Å². The Morgan fingerprint density at radius 3 is 2.46 bits per heavy atom. The minimum atomic E-state index is -3.56. The molecule has 1 fully saturated rings. The molecule has 1 saturated heterocycles. The van der Waals surface area contributed by atoms with Crippen molar-refractivity contribution >= 4 is 37.5 Å². The molecule has 0 atom stereocenters. The Labute approximate surface area is 174 Å². The lowest BCUT2D eigenvalue weighted by Crippen LogP contribution is -2.32. The molecule has 0 spiro atoms. The molecule has 1 aliphatic heterocycles. The molecule has 0 radical (unpaired) electrons. The minimum Gasteiger partial charge on any atom is -0.484 e. The number of halogens is 1. The highest BCUT2D eigenvalue weighted by molar-refractivity contribution is 9.10. The average molecular weight is 467 g/mol. The fourth-order valence-electron chi connectivity index (χ4n) is 3.07. The Morgan fingerprint density at radius 1 is 1.04 bits per heavy atom. The summed E-state index contributed by atoms with van der Waals surface area (Å²) in [5.74, 6) is 0.214. The molecule has 1 N–H and O–H groups in total. The van der Waals surface area contributed by atoms with E-state index >= 15 is 0 Å². The molecule has 2 aromatic carbocycles. The average Bonchev–Trinajstić information content (AvgIpc) is 2.97. The van der Waals surface area contributed by atoms with Crippen molar-refractivity contribution in [2.24, 2.45) is 0 Å². The van der Waals surface area contributed by atoms with Gasteiger partial charge in [-0.1, -0.05) is 40.9 Å². The molecule has 1 amide bonds. The summed E-state index contributed by atoms with van der Waals surface area (Å²) in [6.45, 7) is 0.915. The van der Waals surface area contributed by atoms with E-state index in [0.29, 0.717) is 24.5 Å². The maximum absolute atomic E-state index is 12.9. The quantitative estimate of drug-likeness (QED) is 0.696. The summed E-state index contributed by atoms with van der Waals surface area (Å²) in [6, 6.07) is 13.6. The Bertz CT molecular complexity index is 925. The first-order valence-corrected chi connectivity index (χ1v) is 11.5. The zero-order chi connectivity index (χ0) is 20.0. The van der Waals surface area contributed by atoms with Gasteiger partial charge >= 0.3 is 0 Å². The SMILES string of the molecule is O=C(COc1cccc(Br)c1)Nc1cccc(S(=O)(=O)N2CCCCCC2)c1. The lowest BCUT2D eigenvalue weighted by Gasteiger charge is -2.20. The number of ether oxygens (including phenoxy) is 1. The second kappa shape index (κ2) is 9.54. The van der Waals surface area contributed by atoms with Gasteiger partial charge in [-0.2, -0.15) is 4.31 Å². The number of carbonyl (C=O) groups excluding carboxylic acids is 1. The summed E-state index contributed by atoms with van der Waals surface area (Å²) in [6.07, 6.45) is 3.87. The van der Waals surface area contributed by atoms with E-state index in [2.05, 4.69) is 21.2 Å². The molecule has 3 rings (SSSR count). The molecule has 0 saturated carbocycles. The van der Waals surface area contributed by atoms with Crippen molar-refractivity contribution in [3.8, 4) is 5.75 Å². The van der Waals surface area contributed by atoms with Crippen LogP contribution in [0.5, 0.6) is 5.75 Å². The minimum absolute atomic E-state index is 0.167. The Balaban J connectivity index is 1.64. The van der Waals surface area contributed by atoms with Crippen LogP contribution in [0.2, 0.25) is 0 Å². The van der Waals surface area contributed by atoms with E-state index < -0.39 is 10.0 Å². The van der Waals surface area contributed by atoms with Gasteiger partial charge < -0.3 is 10.1 Å². The van der Waals surface area contributed by atoms with Crippen molar-refractivity contribution in [2.75, 3.05) is 25.0 Å². The first-order chi connectivity index (χ1) is 13.4. The molecule has 8 heteroatoms. The smallest absolute Gasteiger partial charge is 0.262 e. The van der Waals surface area contributed by atoms with Crippen LogP contribution in [0.1, 0.15) is 25.7 Å². The van der Waals surface area contributed by atoms with Crippen LogP contribution < -0.4 is 10.1 Å². The Kier molecular flexibility index (Phi) is 7.09.